The average Bonchev–Trinajstić information content (AvgIpc) is 2.49. The Morgan fingerprint density at radius 1 is 1.30 bits per heavy atom. The number of nitrogens with zero attached hydrogens (tertiary/aromatic N) is 3. The van der Waals surface area contributed by atoms with Gasteiger partial charge in [-0.15, -0.1) is 6.42 Å². The van der Waals surface area contributed by atoms with Crippen molar-refractivity contribution in [3.63, 3.8) is 0 Å². The second-order valence-electron chi connectivity index (χ2n) is 4.55. The van der Waals surface area contributed by atoms with E-state index in [2.05, 4.69) is 20.8 Å². The minimum atomic E-state index is 0.116. The van der Waals surface area contributed by atoms with E-state index in [0.717, 1.165) is 12.3 Å². The fraction of sp³-hybridized carbons (Fsp3) is 0.250. The summed E-state index contributed by atoms with van der Waals surface area (Å²) in [5.41, 5.74) is 1.18. The van der Waals surface area contributed by atoms with Crippen molar-refractivity contribution >= 4 is 0 Å². The molecule has 0 saturated heterocycles. The molecule has 102 valence electrons. The van der Waals surface area contributed by atoms with Crippen LogP contribution in [0.25, 0.3) is 0 Å². The predicted molar refractivity (Wildman–Crippen MR) is 78.3 cm³/mol. The molecule has 1 unspecified atom stereocenters. The third kappa shape index (κ3) is 3.81. The van der Waals surface area contributed by atoms with Gasteiger partial charge in [-0.2, -0.15) is 0 Å². The maximum absolute atomic E-state index is 5.59. The van der Waals surface area contributed by atoms with E-state index in [-0.39, 0.29) is 6.04 Å². The van der Waals surface area contributed by atoms with Gasteiger partial charge in [-0.3, -0.25) is 9.88 Å². The summed E-state index contributed by atoms with van der Waals surface area (Å²) in [5, 5.41) is 0. The van der Waals surface area contributed by atoms with Crippen LogP contribution >= 0.6 is 0 Å². The number of terminal acetylenes is 1. The Kier molecular flexibility index (Phi) is 4.70. The molecule has 20 heavy (non-hydrogen) atoms. The summed E-state index contributed by atoms with van der Waals surface area (Å²) in [6.07, 6.45) is 10.2. The highest BCUT2D eigenvalue weighted by Crippen LogP contribution is 2.19. The lowest BCUT2D eigenvalue weighted by molar-refractivity contribution is 0.296. The van der Waals surface area contributed by atoms with Crippen LogP contribution in [0.5, 0.6) is 11.6 Å². The molecule has 0 aliphatic rings. The van der Waals surface area contributed by atoms with Crippen molar-refractivity contribution in [2.24, 2.45) is 0 Å². The Balaban J connectivity index is 1.98. The highest BCUT2D eigenvalue weighted by Gasteiger charge is 2.06. The van der Waals surface area contributed by atoms with Crippen LogP contribution in [0.4, 0.5) is 0 Å². The molecule has 1 aromatic heterocycles. The molecule has 1 atom stereocenters. The zero-order valence-electron chi connectivity index (χ0n) is 11.7. The summed E-state index contributed by atoms with van der Waals surface area (Å²) >= 11 is 0. The first-order chi connectivity index (χ1) is 9.69. The molecule has 0 saturated carbocycles. The first-order valence-electron chi connectivity index (χ1n) is 6.38. The molecule has 0 aliphatic heterocycles. The van der Waals surface area contributed by atoms with E-state index in [4.69, 9.17) is 11.2 Å². The van der Waals surface area contributed by atoms with Gasteiger partial charge in [0, 0.05) is 18.9 Å². The van der Waals surface area contributed by atoms with Crippen LogP contribution in [-0.4, -0.2) is 28.0 Å². The van der Waals surface area contributed by atoms with Gasteiger partial charge in [-0.25, -0.2) is 4.98 Å². The smallest absolute Gasteiger partial charge is 0.237 e. The lowest BCUT2D eigenvalue weighted by atomic mass is 10.2. The molecule has 4 nitrogen and oxygen atoms in total. The summed E-state index contributed by atoms with van der Waals surface area (Å²) in [6.45, 7) is 2.81. The summed E-state index contributed by atoms with van der Waals surface area (Å²) < 4.78 is 5.59. The molecule has 1 aromatic carbocycles. The molecule has 2 rings (SSSR count). The molecule has 0 fully saturated rings. The summed E-state index contributed by atoms with van der Waals surface area (Å²) in [7, 11) is 2.01. The molecule has 0 bridgehead atoms. The highest BCUT2D eigenvalue weighted by atomic mass is 16.5. The Morgan fingerprint density at radius 3 is 2.65 bits per heavy atom. The van der Waals surface area contributed by atoms with E-state index in [0.29, 0.717) is 5.88 Å². The van der Waals surface area contributed by atoms with Gasteiger partial charge in [0.2, 0.25) is 5.88 Å². The van der Waals surface area contributed by atoms with E-state index in [1.807, 2.05) is 38.2 Å². The SMILES string of the molecule is C#CC(C)N(C)Cc1ccc(Oc2cnccn2)cc1. The highest BCUT2D eigenvalue weighted by molar-refractivity contribution is 5.30. The first-order valence-corrected chi connectivity index (χ1v) is 6.38. The van der Waals surface area contributed by atoms with E-state index >= 15 is 0 Å². The zero-order chi connectivity index (χ0) is 14.4. The monoisotopic (exact) mass is 267 g/mol. The summed E-state index contributed by atoms with van der Waals surface area (Å²) in [5.74, 6) is 3.94. The van der Waals surface area contributed by atoms with Crippen LogP contribution in [0.3, 0.4) is 0 Å². The third-order valence-corrected chi connectivity index (χ3v) is 3.02. The Bertz CT molecular complexity index is 575. The van der Waals surface area contributed by atoms with E-state index in [9.17, 15) is 0 Å². The van der Waals surface area contributed by atoms with Gasteiger partial charge in [0.1, 0.15) is 5.75 Å². The molecule has 4 heteroatoms. The number of rotatable bonds is 5. The van der Waals surface area contributed by atoms with Gasteiger partial charge in [0.15, 0.2) is 0 Å². The molecular weight excluding hydrogens is 250 g/mol. The quantitative estimate of drug-likeness (QED) is 0.781. The predicted octanol–water partition coefficient (Wildman–Crippen LogP) is 2.72. The van der Waals surface area contributed by atoms with Crippen molar-refractivity contribution < 1.29 is 4.74 Å². The lowest BCUT2D eigenvalue weighted by Crippen LogP contribution is -2.26. The van der Waals surface area contributed by atoms with Crippen molar-refractivity contribution in [3.8, 4) is 24.0 Å². The largest absolute Gasteiger partial charge is 0.438 e. The normalized spacial score (nSPS) is 11.9. The Labute approximate surface area is 119 Å². The minimum Gasteiger partial charge on any atom is -0.438 e. The van der Waals surface area contributed by atoms with Gasteiger partial charge in [-0.05, 0) is 31.7 Å². The van der Waals surface area contributed by atoms with Crippen molar-refractivity contribution in [1.82, 2.24) is 14.9 Å². The van der Waals surface area contributed by atoms with Crippen LogP contribution in [0.2, 0.25) is 0 Å². The molecule has 2 aromatic rings. The van der Waals surface area contributed by atoms with Crippen molar-refractivity contribution in [3.05, 3.63) is 48.4 Å². The maximum Gasteiger partial charge on any atom is 0.237 e. The molecule has 0 spiro atoms. The molecule has 1 heterocycles. The van der Waals surface area contributed by atoms with Crippen LogP contribution in [0.15, 0.2) is 42.9 Å². The fourth-order valence-corrected chi connectivity index (χ4v) is 1.67. The number of aromatic nitrogens is 2. The average molecular weight is 267 g/mol. The number of benzene rings is 1. The van der Waals surface area contributed by atoms with Gasteiger partial charge < -0.3 is 4.74 Å². The molecule has 0 radical (unpaired) electrons. The van der Waals surface area contributed by atoms with Gasteiger partial charge >= 0.3 is 0 Å². The first kappa shape index (κ1) is 14.0. The van der Waals surface area contributed by atoms with Crippen LogP contribution in [-0.2, 0) is 6.54 Å². The summed E-state index contributed by atoms with van der Waals surface area (Å²) in [4.78, 5) is 10.1. The standard InChI is InChI=1S/C16H17N3O/c1-4-13(2)19(3)12-14-5-7-15(8-6-14)20-16-11-17-9-10-18-16/h1,5-11,13H,12H2,2-3H3. The van der Waals surface area contributed by atoms with Crippen LogP contribution in [0, 0.1) is 12.3 Å². The second-order valence-corrected chi connectivity index (χ2v) is 4.55. The van der Waals surface area contributed by atoms with Crippen LogP contribution in [0.1, 0.15) is 12.5 Å². The number of hydrogen-bond acceptors (Lipinski definition) is 4. The maximum atomic E-state index is 5.59. The lowest BCUT2D eigenvalue weighted by Gasteiger charge is -2.20. The van der Waals surface area contributed by atoms with Gasteiger partial charge in [0.05, 0.1) is 12.2 Å². The van der Waals surface area contributed by atoms with E-state index < -0.39 is 0 Å². The van der Waals surface area contributed by atoms with Gasteiger partial charge in [0.25, 0.3) is 0 Å². The van der Waals surface area contributed by atoms with E-state index in [1.54, 1.807) is 18.6 Å². The molecule has 0 amide bonds. The zero-order valence-corrected chi connectivity index (χ0v) is 11.7. The topological polar surface area (TPSA) is 38.2 Å². The van der Waals surface area contributed by atoms with Crippen LogP contribution < -0.4 is 4.74 Å². The summed E-state index contributed by atoms with van der Waals surface area (Å²) in [6, 6.07) is 7.98. The van der Waals surface area contributed by atoms with Gasteiger partial charge in [-0.1, -0.05) is 18.1 Å². The molecular formula is C16H17N3O. The molecule has 0 N–H and O–H groups in total. The van der Waals surface area contributed by atoms with E-state index in [1.165, 1.54) is 5.56 Å². The Morgan fingerprint density at radius 2 is 2.05 bits per heavy atom. The number of ether oxygens (including phenoxy) is 1. The minimum absolute atomic E-state index is 0.116. The fourth-order valence-electron chi connectivity index (χ4n) is 1.67. The Hall–Kier alpha value is -2.38. The van der Waals surface area contributed by atoms with Crippen molar-refractivity contribution in [2.45, 2.75) is 19.5 Å². The number of hydrogen-bond donors (Lipinski definition) is 0. The second kappa shape index (κ2) is 6.69. The molecule has 0 aliphatic carbocycles. The third-order valence-electron chi connectivity index (χ3n) is 3.02. The van der Waals surface area contributed by atoms with Crippen molar-refractivity contribution in [2.75, 3.05) is 7.05 Å². The van der Waals surface area contributed by atoms with Crippen molar-refractivity contribution in [1.29, 1.82) is 0 Å².